The molecule has 0 radical (unpaired) electrons. The second kappa shape index (κ2) is 6.71. The van der Waals surface area contributed by atoms with E-state index in [9.17, 15) is 4.39 Å². The van der Waals surface area contributed by atoms with Crippen molar-refractivity contribution < 1.29 is 9.13 Å². The van der Waals surface area contributed by atoms with Gasteiger partial charge in [-0.25, -0.2) is 4.39 Å². The summed E-state index contributed by atoms with van der Waals surface area (Å²) in [5, 5.41) is 1.04. The number of hydrogen-bond acceptors (Lipinski definition) is 1. The van der Waals surface area contributed by atoms with Crippen LogP contribution < -0.4 is 4.74 Å². The van der Waals surface area contributed by atoms with Crippen molar-refractivity contribution in [3.05, 3.63) is 27.4 Å². The molecule has 5 heteroatoms. The van der Waals surface area contributed by atoms with E-state index in [0.717, 1.165) is 18.2 Å². The van der Waals surface area contributed by atoms with Gasteiger partial charge in [-0.05, 0) is 34.8 Å². The minimum Gasteiger partial charge on any atom is -0.492 e. The van der Waals surface area contributed by atoms with Crippen molar-refractivity contribution in [2.75, 3.05) is 11.9 Å². The molecule has 1 aromatic rings. The Morgan fingerprint density at radius 3 is 2.73 bits per heavy atom. The van der Waals surface area contributed by atoms with Crippen LogP contribution in [0.5, 0.6) is 5.75 Å². The fourth-order valence-electron chi connectivity index (χ4n) is 0.994. The zero-order chi connectivity index (χ0) is 11.3. The highest BCUT2D eigenvalue weighted by Crippen LogP contribution is 2.30. The zero-order valence-corrected chi connectivity index (χ0v) is 11.8. The summed E-state index contributed by atoms with van der Waals surface area (Å²) >= 11 is 12.2. The molecule has 0 N–H and O–H groups in total. The second-order valence-corrected chi connectivity index (χ2v) is 5.00. The summed E-state index contributed by atoms with van der Waals surface area (Å²) in [6.07, 6.45) is 1.97. The molecule has 0 aliphatic rings. The van der Waals surface area contributed by atoms with Gasteiger partial charge in [0.1, 0.15) is 11.6 Å². The molecule has 15 heavy (non-hydrogen) atoms. The van der Waals surface area contributed by atoms with Crippen molar-refractivity contribution in [1.29, 1.82) is 0 Å². The Kier molecular flexibility index (Phi) is 5.94. The highest BCUT2D eigenvalue weighted by Gasteiger charge is 2.07. The zero-order valence-electron chi connectivity index (χ0n) is 7.90. The van der Waals surface area contributed by atoms with Crippen LogP contribution in [0.15, 0.2) is 16.6 Å². The van der Waals surface area contributed by atoms with Crippen LogP contribution in [0.2, 0.25) is 5.02 Å². The maximum atomic E-state index is 13.1. The molecule has 0 aliphatic carbocycles. The van der Waals surface area contributed by atoms with E-state index in [0.29, 0.717) is 16.8 Å². The molecule has 1 nitrogen and oxygen atoms in total. The van der Waals surface area contributed by atoms with Gasteiger partial charge in [0.2, 0.25) is 0 Å². The van der Waals surface area contributed by atoms with E-state index in [1.807, 2.05) is 0 Å². The average Bonchev–Trinajstić information content (AvgIpc) is 2.20. The number of rotatable bonds is 5. The average molecular weight is 360 g/mol. The number of halogens is 4. The SMILES string of the molecule is Fc1cc(OCCCCBr)c(Br)cc1Cl. The third-order valence-electron chi connectivity index (χ3n) is 1.76. The van der Waals surface area contributed by atoms with Crippen LogP contribution in [0, 0.1) is 5.82 Å². The first-order chi connectivity index (χ1) is 7.15. The van der Waals surface area contributed by atoms with Gasteiger partial charge in [-0.2, -0.15) is 0 Å². The van der Waals surface area contributed by atoms with Crippen LogP contribution in [0.3, 0.4) is 0 Å². The van der Waals surface area contributed by atoms with E-state index in [4.69, 9.17) is 16.3 Å². The molecule has 0 atom stereocenters. The summed E-state index contributed by atoms with van der Waals surface area (Å²) in [6, 6.07) is 2.79. The fourth-order valence-corrected chi connectivity index (χ4v) is 2.14. The van der Waals surface area contributed by atoms with Gasteiger partial charge in [-0.3, -0.25) is 0 Å². The normalized spacial score (nSPS) is 10.4. The van der Waals surface area contributed by atoms with Gasteiger partial charge in [-0.15, -0.1) is 0 Å². The Morgan fingerprint density at radius 2 is 2.07 bits per heavy atom. The molecule has 1 aromatic carbocycles. The van der Waals surface area contributed by atoms with Gasteiger partial charge in [0.25, 0.3) is 0 Å². The van der Waals surface area contributed by atoms with Crippen LogP contribution >= 0.6 is 43.5 Å². The van der Waals surface area contributed by atoms with Gasteiger partial charge in [0.15, 0.2) is 0 Å². The highest BCUT2D eigenvalue weighted by atomic mass is 79.9. The van der Waals surface area contributed by atoms with Crippen LogP contribution in [-0.2, 0) is 0 Å². The third kappa shape index (κ3) is 4.29. The second-order valence-electron chi connectivity index (χ2n) is 2.94. The molecule has 0 fully saturated rings. The summed E-state index contributed by atoms with van der Waals surface area (Å²) in [6.45, 7) is 0.575. The minimum atomic E-state index is -0.463. The van der Waals surface area contributed by atoms with E-state index < -0.39 is 5.82 Å². The molecule has 0 amide bonds. The third-order valence-corrected chi connectivity index (χ3v) is 3.23. The summed E-state index contributed by atoms with van der Waals surface area (Å²) in [5.41, 5.74) is 0. The van der Waals surface area contributed by atoms with E-state index in [-0.39, 0.29) is 5.02 Å². The topological polar surface area (TPSA) is 9.23 Å². The summed E-state index contributed by atoms with van der Waals surface area (Å²) in [4.78, 5) is 0. The molecule has 0 heterocycles. The first-order valence-corrected chi connectivity index (χ1v) is 6.77. The summed E-state index contributed by atoms with van der Waals surface area (Å²) in [7, 11) is 0. The maximum Gasteiger partial charge on any atom is 0.145 e. The molecule has 0 aromatic heterocycles. The van der Waals surface area contributed by atoms with Crippen molar-refractivity contribution in [2.45, 2.75) is 12.8 Å². The lowest BCUT2D eigenvalue weighted by Crippen LogP contribution is -1.98. The Labute approximate surface area is 110 Å². The van der Waals surface area contributed by atoms with Gasteiger partial charge < -0.3 is 4.74 Å². The lowest BCUT2D eigenvalue weighted by molar-refractivity contribution is 0.306. The van der Waals surface area contributed by atoms with Crippen molar-refractivity contribution in [2.24, 2.45) is 0 Å². The number of ether oxygens (including phenoxy) is 1. The summed E-state index contributed by atoms with van der Waals surface area (Å²) in [5.74, 6) is 0.0295. The molecule has 0 saturated carbocycles. The largest absolute Gasteiger partial charge is 0.492 e. The van der Waals surface area contributed by atoms with Crippen molar-refractivity contribution >= 4 is 43.5 Å². The van der Waals surface area contributed by atoms with E-state index in [1.165, 1.54) is 12.1 Å². The fraction of sp³-hybridized carbons (Fsp3) is 0.400. The predicted octanol–water partition coefficient (Wildman–Crippen LogP) is 4.80. The molecule has 0 saturated heterocycles. The highest BCUT2D eigenvalue weighted by molar-refractivity contribution is 9.10. The van der Waals surface area contributed by atoms with Crippen LogP contribution in [0.25, 0.3) is 0 Å². The van der Waals surface area contributed by atoms with Crippen LogP contribution in [0.4, 0.5) is 4.39 Å². The molecular weight excluding hydrogens is 350 g/mol. The first kappa shape index (κ1) is 13.3. The smallest absolute Gasteiger partial charge is 0.145 e. The molecule has 84 valence electrons. The minimum absolute atomic E-state index is 0.0923. The Hall–Kier alpha value is 0.200. The van der Waals surface area contributed by atoms with E-state index >= 15 is 0 Å². The predicted molar refractivity (Wildman–Crippen MR) is 67.6 cm³/mol. The first-order valence-electron chi connectivity index (χ1n) is 4.48. The maximum absolute atomic E-state index is 13.1. The molecule has 0 unspecified atom stereocenters. The van der Waals surface area contributed by atoms with Gasteiger partial charge >= 0.3 is 0 Å². The Balaban J connectivity index is 2.57. The number of unbranched alkanes of at least 4 members (excludes halogenated alkanes) is 1. The lowest BCUT2D eigenvalue weighted by atomic mass is 10.3. The molecule has 0 aliphatic heterocycles. The summed E-state index contributed by atoms with van der Waals surface area (Å²) < 4.78 is 19.2. The monoisotopic (exact) mass is 358 g/mol. The van der Waals surface area contributed by atoms with Gasteiger partial charge in [-0.1, -0.05) is 27.5 Å². The molecule has 0 bridgehead atoms. The van der Waals surface area contributed by atoms with Crippen LogP contribution in [0.1, 0.15) is 12.8 Å². The van der Waals surface area contributed by atoms with E-state index in [2.05, 4.69) is 31.9 Å². The standard InChI is InChI=1S/C10H10Br2ClFO/c11-3-1-2-4-15-10-6-9(14)8(13)5-7(10)12/h5-6H,1-4H2. The van der Waals surface area contributed by atoms with Crippen molar-refractivity contribution in [1.82, 2.24) is 0 Å². The quantitative estimate of drug-likeness (QED) is 0.417. The number of benzene rings is 1. The molecular formula is C10H10Br2ClFO. The molecule has 1 rings (SSSR count). The van der Waals surface area contributed by atoms with Crippen LogP contribution in [-0.4, -0.2) is 11.9 Å². The Bertz CT molecular complexity index is 333. The number of alkyl halides is 1. The Morgan fingerprint density at radius 1 is 1.33 bits per heavy atom. The lowest BCUT2D eigenvalue weighted by Gasteiger charge is -2.08. The van der Waals surface area contributed by atoms with Gasteiger partial charge in [0.05, 0.1) is 16.1 Å². The van der Waals surface area contributed by atoms with Crippen molar-refractivity contribution in [3.8, 4) is 5.75 Å². The van der Waals surface area contributed by atoms with Gasteiger partial charge in [0, 0.05) is 11.4 Å². The number of hydrogen-bond donors (Lipinski definition) is 0. The molecule has 0 spiro atoms. The van der Waals surface area contributed by atoms with E-state index in [1.54, 1.807) is 0 Å². The van der Waals surface area contributed by atoms with Crippen molar-refractivity contribution in [3.63, 3.8) is 0 Å².